The molecule has 0 atom stereocenters. The predicted octanol–water partition coefficient (Wildman–Crippen LogP) is 1.09. The van der Waals surface area contributed by atoms with Gasteiger partial charge in [-0.3, -0.25) is 4.72 Å². The van der Waals surface area contributed by atoms with Gasteiger partial charge in [-0.15, -0.1) is 0 Å². The van der Waals surface area contributed by atoms with Crippen LogP contribution in [0.5, 0.6) is 0 Å². The quantitative estimate of drug-likeness (QED) is 0.451. The van der Waals surface area contributed by atoms with Crippen molar-refractivity contribution < 1.29 is 4.74 Å². The van der Waals surface area contributed by atoms with Crippen LogP contribution in [0.4, 0.5) is 0 Å². The molecular weight excluding hydrogens is 134 g/mol. The fourth-order valence-electron chi connectivity index (χ4n) is 0.437. The van der Waals surface area contributed by atoms with Gasteiger partial charge in [-0.2, -0.15) is 0 Å². The average molecular weight is 149 g/mol. The lowest BCUT2D eigenvalue weighted by Crippen LogP contribution is -2.12. The van der Waals surface area contributed by atoms with Gasteiger partial charge in [0.25, 0.3) is 0 Å². The van der Waals surface area contributed by atoms with E-state index in [1.54, 1.807) is 0 Å². The van der Waals surface area contributed by atoms with Gasteiger partial charge < -0.3 is 4.74 Å². The Balaban J connectivity index is 2.75. The average Bonchev–Trinajstić information content (AvgIpc) is 1.80. The topological polar surface area (TPSA) is 21.3 Å². The minimum atomic E-state index is 0.630. The number of rotatable bonds is 5. The van der Waals surface area contributed by atoms with Gasteiger partial charge in [0, 0.05) is 13.2 Å². The Hall–Kier alpha value is 0.270. The molecule has 0 aliphatic rings. The fourth-order valence-corrected chi connectivity index (χ4v) is 0.528. The third kappa shape index (κ3) is 8.27. The molecule has 0 saturated heterocycles. The summed E-state index contributed by atoms with van der Waals surface area (Å²) in [6.07, 6.45) is 0. The molecule has 0 spiro atoms. The summed E-state index contributed by atoms with van der Waals surface area (Å²) < 4.78 is 7.93. The molecule has 0 aliphatic carbocycles. The van der Waals surface area contributed by atoms with Gasteiger partial charge in [0.15, 0.2) is 0 Å². The highest BCUT2D eigenvalue weighted by Gasteiger charge is 1.91. The van der Waals surface area contributed by atoms with Gasteiger partial charge in [0.1, 0.15) is 0 Å². The number of thiol groups is 1. The lowest BCUT2D eigenvalue weighted by atomic mass is 10.2. The molecule has 3 heteroatoms. The molecule has 56 valence electrons. The summed E-state index contributed by atoms with van der Waals surface area (Å²) in [5.74, 6) is 0.630. The van der Waals surface area contributed by atoms with Crippen LogP contribution >= 0.6 is 12.8 Å². The predicted molar refractivity (Wildman–Crippen MR) is 42.6 cm³/mol. The molecule has 0 amide bonds. The van der Waals surface area contributed by atoms with Gasteiger partial charge in [-0.25, -0.2) is 0 Å². The van der Waals surface area contributed by atoms with E-state index in [-0.39, 0.29) is 0 Å². The molecule has 0 rings (SSSR count). The van der Waals surface area contributed by atoms with Crippen molar-refractivity contribution in [3.8, 4) is 0 Å². The van der Waals surface area contributed by atoms with Crippen LogP contribution in [0.2, 0.25) is 0 Å². The maximum atomic E-state index is 5.22. The van der Waals surface area contributed by atoms with E-state index in [1.165, 1.54) is 0 Å². The number of nitrogens with one attached hydrogen (secondary N) is 1. The third-order valence-electron chi connectivity index (χ3n) is 0.809. The monoisotopic (exact) mass is 149 g/mol. The normalized spacial score (nSPS) is 10.7. The van der Waals surface area contributed by atoms with E-state index in [2.05, 4.69) is 31.4 Å². The second-order valence-corrected chi connectivity index (χ2v) is 2.69. The second kappa shape index (κ2) is 6.39. The van der Waals surface area contributed by atoms with E-state index < -0.39 is 0 Å². The first kappa shape index (κ1) is 9.27. The maximum absolute atomic E-state index is 5.22. The second-order valence-electron chi connectivity index (χ2n) is 2.38. The Kier molecular flexibility index (Phi) is 6.58. The van der Waals surface area contributed by atoms with Crippen molar-refractivity contribution in [3.05, 3.63) is 0 Å². The van der Waals surface area contributed by atoms with E-state index in [0.717, 1.165) is 19.8 Å². The van der Waals surface area contributed by atoms with Crippen molar-refractivity contribution in [3.63, 3.8) is 0 Å². The van der Waals surface area contributed by atoms with Gasteiger partial charge in [-0.05, 0) is 5.92 Å². The molecule has 2 nitrogen and oxygen atoms in total. The minimum Gasteiger partial charge on any atom is -0.380 e. The fraction of sp³-hybridized carbons (Fsp3) is 1.00. The largest absolute Gasteiger partial charge is 0.380 e. The zero-order valence-electron chi connectivity index (χ0n) is 6.05. The van der Waals surface area contributed by atoms with Crippen LogP contribution in [0.1, 0.15) is 13.8 Å². The van der Waals surface area contributed by atoms with E-state index in [9.17, 15) is 0 Å². The first-order valence-electron chi connectivity index (χ1n) is 3.22. The van der Waals surface area contributed by atoms with E-state index >= 15 is 0 Å². The van der Waals surface area contributed by atoms with Crippen molar-refractivity contribution in [1.29, 1.82) is 0 Å². The molecule has 0 bridgehead atoms. The first-order valence-corrected chi connectivity index (χ1v) is 3.66. The molecule has 9 heavy (non-hydrogen) atoms. The molecule has 0 aromatic carbocycles. The molecule has 0 saturated carbocycles. The minimum absolute atomic E-state index is 0.630. The highest BCUT2D eigenvalue weighted by molar-refractivity contribution is 7.78. The Morgan fingerprint density at radius 3 is 2.67 bits per heavy atom. The smallest absolute Gasteiger partial charge is 0.0600 e. The van der Waals surface area contributed by atoms with E-state index in [4.69, 9.17) is 4.74 Å². The van der Waals surface area contributed by atoms with Gasteiger partial charge in [-0.1, -0.05) is 26.7 Å². The van der Waals surface area contributed by atoms with Crippen LogP contribution in [0.25, 0.3) is 0 Å². The zero-order chi connectivity index (χ0) is 7.11. The number of hydrogen-bond donors (Lipinski definition) is 2. The molecule has 0 unspecified atom stereocenters. The van der Waals surface area contributed by atoms with Crippen molar-refractivity contribution in [1.82, 2.24) is 4.72 Å². The number of hydrogen-bond acceptors (Lipinski definition) is 3. The van der Waals surface area contributed by atoms with Crippen molar-refractivity contribution >= 4 is 12.8 Å². The summed E-state index contributed by atoms with van der Waals surface area (Å²) in [5.41, 5.74) is 0. The maximum Gasteiger partial charge on any atom is 0.0600 e. The Morgan fingerprint density at radius 1 is 1.56 bits per heavy atom. The van der Waals surface area contributed by atoms with E-state index in [1.807, 2.05) is 0 Å². The summed E-state index contributed by atoms with van der Waals surface area (Å²) in [7, 11) is 0. The van der Waals surface area contributed by atoms with Crippen molar-refractivity contribution in [2.45, 2.75) is 13.8 Å². The molecular formula is C6H15NOS. The highest BCUT2D eigenvalue weighted by atomic mass is 32.1. The lowest BCUT2D eigenvalue weighted by Gasteiger charge is -2.04. The van der Waals surface area contributed by atoms with Crippen LogP contribution in [0.15, 0.2) is 0 Å². The summed E-state index contributed by atoms with van der Waals surface area (Å²) >= 11 is 3.82. The van der Waals surface area contributed by atoms with Crippen molar-refractivity contribution in [2.75, 3.05) is 19.8 Å². The Bertz CT molecular complexity index is 59.0. The summed E-state index contributed by atoms with van der Waals surface area (Å²) in [5, 5.41) is 0. The molecule has 0 radical (unpaired) electrons. The summed E-state index contributed by atoms with van der Waals surface area (Å²) in [4.78, 5) is 0. The Morgan fingerprint density at radius 2 is 2.22 bits per heavy atom. The zero-order valence-corrected chi connectivity index (χ0v) is 6.95. The molecule has 0 aromatic rings. The molecule has 0 aliphatic heterocycles. The SMILES string of the molecule is CC(C)COCCNS. The van der Waals surface area contributed by atoms with Gasteiger partial charge in [0.2, 0.25) is 0 Å². The van der Waals surface area contributed by atoms with Crippen LogP contribution in [0, 0.1) is 5.92 Å². The van der Waals surface area contributed by atoms with Crippen LogP contribution in [-0.2, 0) is 4.74 Å². The van der Waals surface area contributed by atoms with E-state index in [0.29, 0.717) is 5.92 Å². The highest BCUT2D eigenvalue weighted by Crippen LogP contribution is 1.90. The van der Waals surface area contributed by atoms with Gasteiger partial charge in [0.05, 0.1) is 6.61 Å². The lowest BCUT2D eigenvalue weighted by molar-refractivity contribution is 0.115. The van der Waals surface area contributed by atoms with Crippen LogP contribution in [-0.4, -0.2) is 19.8 Å². The molecule has 1 N–H and O–H groups in total. The Labute approximate surface area is 62.5 Å². The first-order chi connectivity index (χ1) is 4.27. The van der Waals surface area contributed by atoms with Gasteiger partial charge >= 0.3 is 0 Å². The van der Waals surface area contributed by atoms with Crippen molar-refractivity contribution in [2.24, 2.45) is 5.92 Å². The molecule has 0 heterocycles. The third-order valence-corrected chi connectivity index (χ3v) is 1.03. The van der Waals surface area contributed by atoms with Crippen LogP contribution in [0.3, 0.4) is 0 Å². The molecule has 0 fully saturated rings. The number of ether oxygens (including phenoxy) is 1. The summed E-state index contributed by atoms with van der Waals surface area (Å²) in [6, 6.07) is 0. The summed E-state index contributed by atoms with van der Waals surface area (Å²) in [6.45, 7) is 6.68. The standard InChI is InChI=1S/C6H15NOS/c1-6(2)5-8-4-3-7-9/h6-7,9H,3-5H2,1-2H3. The van der Waals surface area contributed by atoms with Crippen LogP contribution < -0.4 is 4.72 Å². The molecule has 0 aromatic heterocycles.